The minimum atomic E-state index is -0.631. The Morgan fingerprint density at radius 2 is 2.10 bits per heavy atom. The zero-order chi connectivity index (χ0) is 20.2. The average molecular weight is 391 g/mol. The second-order valence-corrected chi connectivity index (χ2v) is 7.32. The van der Waals surface area contributed by atoms with E-state index >= 15 is 0 Å². The Morgan fingerprint density at radius 1 is 1.28 bits per heavy atom. The van der Waals surface area contributed by atoms with Gasteiger partial charge in [-0.2, -0.15) is 5.26 Å². The van der Waals surface area contributed by atoms with Gasteiger partial charge in [0.2, 0.25) is 5.78 Å². The summed E-state index contributed by atoms with van der Waals surface area (Å²) < 4.78 is 10.1. The lowest BCUT2D eigenvalue weighted by Gasteiger charge is -2.24. The van der Waals surface area contributed by atoms with Gasteiger partial charge in [-0.25, -0.2) is 9.78 Å². The van der Waals surface area contributed by atoms with Crippen molar-refractivity contribution in [2.45, 2.75) is 38.0 Å². The highest BCUT2D eigenvalue weighted by Gasteiger charge is 2.24. The van der Waals surface area contributed by atoms with Crippen molar-refractivity contribution in [1.82, 2.24) is 9.97 Å². The standard InChI is InChI=1S/C22H21N3O4/c23-10-18-11-24-21(25-18)20(26)9-16-7-6-15(17-12-28-22(27)29-13-17)8-19(16)14-4-2-1-3-5-14/h4,6-8,11,17H,1-3,5,9,12-13H2,(H,24,25). The van der Waals surface area contributed by atoms with Crippen LogP contribution in [0.15, 0.2) is 30.5 Å². The molecule has 0 unspecified atom stereocenters. The molecular weight excluding hydrogens is 370 g/mol. The number of allylic oxidation sites excluding steroid dienone is 2. The number of nitriles is 1. The van der Waals surface area contributed by atoms with Crippen LogP contribution in [0.3, 0.4) is 0 Å². The van der Waals surface area contributed by atoms with E-state index in [2.05, 4.69) is 22.1 Å². The van der Waals surface area contributed by atoms with Crippen LogP contribution in [0.5, 0.6) is 0 Å². The summed E-state index contributed by atoms with van der Waals surface area (Å²) in [6.45, 7) is 0.581. The molecule has 0 bridgehead atoms. The van der Waals surface area contributed by atoms with E-state index in [1.54, 1.807) is 0 Å². The molecule has 29 heavy (non-hydrogen) atoms. The minimum Gasteiger partial charge on any atom is -0.434 e. The number of hydrogen-bond acceptors (Lipinski definition) is 6. The molecule has 1 aromatic heterocycles. The lowest BCUT2D eigenvalue weighted by Crippen LogP contribution is -2.26. The molecule has 0 saturated carbocycles. The summed E-state index contributed by atoms with van der Waals surface area (Å²) in [4.78, 5) is 30.6. The molecule has 0 amide bonds. The number of cyclic esters (lactones) is 2. The number of aromatic amines is 1. The Hall–Kier alpha value is -3.40. The van der Waals surface area contributed by atoms with Gasteiger partial charge in [-0.05, 0) is 47.9 Å². The minimum absolute atomic E-state index is 0.0244. The number of imidazole rings is 1. The number of nitrogens with zero attached hydrogens (tertiary/aromatic N) is 2. The predicted molar refractivity (Wildman–Crippen MR) is 104 cm³/mol. The number of Topliss-reactive ketones (excluding diaryl/α,β-unsaturated/α-hetero) is 1. The molecular formula is C22H21N3O4. The second kappa shape index (κ2) is 8.31. The van der Waals surface area contributed by atoms with E-state index in [1.807, 2.05) is 18.2 Å². The van der Waals surface area contributed by atoms with Crippen molar-refractivity contribution in [3.63, 3.8) is 0 Å². The van der Waals surface area contributed by atoms with Crippen LogP contribution in [-0.2, 0) is 15.9 Å². The number of ketones is 1. The fourth-order valence-electron chi connectivity index (χ4n) is 3.78. The van der Waals surface area contributed by atoms with E-state index in [0.29, 0.717) is 13.2 Å². The quantitative estimate of drug-likeness (QED) is 0.612. The third-order valence-electron chi connectivity index (χ3n) is 5.36. The number of benzene rings is 1. The van der Waals surface area contributed by atoms with Gasteiger partial charge in [-0.15, -0.1) is 0 Å². The maximum absolute atomic E-state index is 12.7. The van der Waals surface area contributed by atoms with Gasteiger partial charge in [-0.1, -0.05) is 24.3 Å². The van der Waals surface area contributed by atoms with Gasteiger partial charge >= 0.3 is 6.16 Å². The molecule has 2 heterocycles. The van der Waals surface area contributed by atoms with Crippen LogP contribution in [0.4, 0.5) is 4.79 Å². The van der Waals surface area contributed by atoms with Crippen molar-refractivity contribution in [1.29, 1.82) is 5.26 Å². The third-order valence-corrected chi connectivity index (χ3v) is 5.36. The molecule has 0 spiro atoms. The number of ether oxygens (including phenoxy) is 2. The second-order valence-electron chi connectivity index (χ2n) is 7.32. The first-order valence-corrected chi connectivity index (χ1v) is 9.74. The van der Waals surface area contributed by atoms with Crippen molar-refractivity contribution in [3.8, 4) is 6.07 Å². The first-order chi connectivity index (χ1) is 14.1. The van der Waals surface area contributed by atoms with Gasteiger partial charge in [0.1, 0.15) is 25.0 Å². The molecule has 1 fully saturated rings. The monoisotopic (exact) mass is 391 g/mol. The molecule has 1 N–H and O–H groups in total. The van der Waals surface area contributed by atoms with Crippen LogP contribution in [0.1, 0.15) is 64.6 Å². The molecule has 7 nitrogen and oxygen atoms in total. The van der Waals surface area contributed by atoms with E-state index in [4.69, 9.17) is 14.7 Å². The van der Waals surface area contributed by atoms with E-state index in [1.165, 1.54) is 18.2 Å². The first-order valence-electron chi connectivity index (χ1n) is 9.74. The zero-order valence-corrected chi connectivity index (χ0v) is 15.9. The van der Waals surface area contributed by atoms with Crippen LogP contribution in [0.25, 0.3) is 5.57 Å². The van der Waals surface area contributed by atoms with E-state index < -0.39 is 6.16 Å². The highest BCUT2D eigenvalue weighted by atomic mass is 16.7. The molecule has 4 rings (SSSR count). The Morgan fingerprint density at radius 3 is 2.79 bits per heavy atom. The molecule has 7 heteroatoms. The van der Waals surface area contributed by atoms with Gasteiger partial charge < -0.3 is 14.5 Å². The van der Waals surface area contributed by atoms with E-state index in [9.17, 15) is 9.59 Å². The summed E-state index contributed by atoms with van der Waals surface area (Å²) in [6, 6.07) is 7.97. The summed E-state index contributed by atoms with van der Waals surface area (Å²) in [5.74, 6) is 0.0114. The molecule has 0 atom stereocenters. The number of H-pyrrole nitrogens is 1. The molecule has 1 aliphatic carbocycles. The summed E-state index contributed by atoms with van der Waals surface area (Å²) in [7, 11) is 0. The first kappa shape index (κ1) is 18.9. The van der Waals surface area contributed by atoms with E-state index in [-0.39, 0.29) is 29.6 Å². The molecule has 1 aliphatic heterocycles. The van der Waals surface area contributed by atoms with E-state index in [0.717, 1.165) is 36.0 Å². The number of nitrogens with one attached hydrogen (secondary N) is 1. The van der Waals surface area contributed by atoms with Crippen molar-refractivity contribution in [2.24, 2.45) is 0 Å². The van der Waals surface area contributed by atoms with Crippen LogP contribution in [0.2, 0.25) is 0 Å². The summed E-state index contributed by atoms with van der Waals surface area (Å²) in [5.41, 5.74) is 4.52. The summed E-state index contributed by atoms with van der Waals surface area (Å²) in [5, 5.41) is 8.93. The highest BCUT2D eigenvalue weighted by Crippen LogP contribution is 2.32. The van der Waals surface area contributed by atoms with Gasteiger partial charge in [0.15, 0.2) is 5.82 Å². The Labute approximate surface area is 168 Å². The average Bonchev–Trinajstić information content (AvgIpc) is 3.25. The molecule has 148 valence electrons. The third kappa shape index (κ3) is 4.21. The molecule has 1 aromatic carbocycles. The zero-order valence-electron chi connectivity index (χ0n) is 15.9. The molecule has 2 aromatic rings. The number of carbonyl (C=O) groups excluding carboxylic acids is 2. The smallest absolute Gasteiger partial charge is 0.434 e. The maximum Gasteiger partial charge on any atom is 0.508 e. The SMILES string of the molecule is N#Cc1cnc(C(=O)Cc2ccc(C3COC(=O)OC3)cc2C2=CCCCC2)[nH]1. The van der Waals surface area contributed by atoms with Crippen molar-refractivity contribution < 1.29 is 19.1 Å². The van der Waals surface area contributed by atoms with Crippen molar-refractivity contribution in [3.05, 3.63) is 58.7 Å². The van der Waals surface area contributed by atoms with Gasteiger partial charge in [0.05, 0.1) is 12.1 Å². The Bertz CT molecular complexity index is 1010. The number of carbonyl (C=O) groups is 2. The predicted octanol–water partition coefficient (Wildman–Crippen LogP) is 3.91. The Kier molecular flexibility index (Phi) is 5.43. The lowest BCUT2D eigenvalue weighted by atomic mass is 9.86. The van der Waals surface area contributed by atoms with Crippen LogP contribution >= 0.6 is 0 Å². The van der Waals surface area contributed by atoms with Gasteiger partial charge in [0, 0.05) is 6.42 Å². The van der Waals surface area contributed by atoms with Crippen molar-refractivity contribution in [2.75, 3.05) is 13.2 Å². The fraction of sp³-hybridized carbons (Fsp3) is 0.364. The highest BCUT2D eigenvalue weighted by molar-refractivity contribution is 5.95. The Balaban J connectivity index is 1.63. The molecule has 0 radical (unpaired) electrons. The van der Waals surface area contributed by atoms with Gasteiger partial charge in [-0.3, -0.25) is 4.79 Å². The summed E-state index contributed by atoms with van der Waals surface area (Å²) >= 11 is 0. The van der Waals surface area contributed by atoms with Gasteiger partial charge in [0.25, 0.3) is 0 Å². The maximum atomic E-state index is 12.7. The van der Waals surface area contributed by atoms with Crippen LogP contribution in [-0.4, -0.2) is 35.1 Å². The van der Waals surface area contributed by atoms with Crippen LogP contribution in [0, 0.1) is 11.3 Å². The number of hydrogen-bond donors (Lipinski definition) is 1. The topological polar surface area (TPSA) is 105 Å². The number of aromatic nitrogens is 2. The number of rotatable bonds is 5. The fourth-order valence-corrected chi connectivity index (χ4v) is 3.78. The normalized spacial score (nSPS) is 17.1. The van der Waals surface area contributed by atoms with Crippen LogP contribution < -0.4 is 0 Å². The lowest BCUT2D eigenvalue weighted by molar-refractivity contribution is 0.00720. The van der Waals surface area contributed by atoms with Crippen molar-refractivity contribution >= 4 is 17.5 Å². The summed E-state index contributed by atoms with van der Waals surface area (Å²) in [6.07, 6.45) is 7.47. The largest absolute Gasteiger partial charge is 0.508 e. The molecule has 1 saturated heterocycles. The molecule has 2 aliphatic rings.